The van der Waals surface area contributed by atoms with E-state index < -0.39 is 22.8 Å². The Hall–Kier alpha value is -3.54. The predicted molar refractivity (Wildman–Crippen MR) is 137 cm³/mol. The molecule has 3 fully saturated rings. The Morgan fingerprint density at radius 3 is 2.62 bits per heavy atom. The number of aliphatic hydroxyl groups is 1. The van der Waals surface area contributed by atoms with Gasteiger partial charge in [0.2, 0.25) is 5.88 Å². The van der Waals surface area contributed by atoms with E-state index in [0.29, 0.717) is 53.1 Å². The molecule has 8 rings (SSSR count). The molecule has 1 aliphatic carbocycles. The Balaban J connectivity index is 1.08. The molecule has 2 bridgehead atoms. The average molecular weight is 536 g/mol. The highest BCUT2D eigenvalue weighted by molar-refractivity contribution is 5.81. The maximum Gasteiger partial charge on any atom is 0.251 e. The lowest BCUT2D eigenvalue weighted by Gasteiger charge is -2.55. The molecule has 4 aliphatic rings. The summed E-state index contributed by atoms with van der Waals surface area (Å²) in [7, 11) is 1.51. The summed E-state index contributed by atoms with van der Waals surface area (Å²) < 4.78 is 42.8. The van der Waals surface area contributed by atoms with E-state index in [9.17, 15) is 14.3 Å². The molecule has 7 heterocycles. The number of pyridine rings is 4. The number of hydrogen-bond donors (Lipinski definition) is 2. The topological polar surface area (TPSA) is 111 Å². The van der Waals surface area contributed by atoms with Gasteiger partial charge in [-0.3, -0.25) is 9.78 Å². The lowest BCUT2D eigenvalue weighted by atomic mass is 9.67. The molecule has 3 aliphatic heterocycles. The first kappa shape index (κ1) is 24.5. The minimum Gasteiger partial charge on any atom is -0.481 e. The van der Waals surface area contributed by atoms with Crippen molar-refractivity contribution < 1.29 is 23.4 Å². The Kier molecular flexibility index (Phi) is 5.33. The summed E-state index contributed by atoms with van der Waals surface area (Å²) in [4.78, 5) is 25.3. The summed E-state index contributed by atoms with van der Waals surface area (Å²) in [5.74, 6) is -0.676. The normalized spacial score (nSPS) is 27.5. The SMILES string of the molecule is COc1ccc2nc(CNC34CCC(C[C@]5(O)Cn6c(=O)ccc7ncc(F)c5c76)(CC3)OC4)c(F)cc2n1. The maximum absolute atomic E-state index is 15.0. The van der Waals surface area contributed by atoms with Crippen molar-refractivity contribution in [3.8, 4) is 5.88 Å². The highest BCUT2D eigenvalue weighted by atomic mass is 19.1. The van der Waals surface area contributed by atoms with Gasteiger partial charge in [0.1, 0.15) is 17.2 Å². The Morgan fingerprint density at radius 1 is 1.08 bits per heavy atom. The van der Waals surface area contributed by atoms with E-state index in [0.717, 1.165) is 19.0 Å². The largest absolute Gasteiger partial charge is 0.481 e. The zero-order valence-corrected chi connectivity index (χ0v) is 21.3. The Labute approximate surface area is 221 Å². The predicted octanol–water partition coefficient (Wildman–Crippen LogP) is 3.09. The van der Waals surface area contributed by atoms with Crippen LogP contribution in [0.2, 0.25) is 0 Å². The van der Waals surface area contributed by atoms with Crippen molar-refractivity contribution in [2.75, 3.05) is 13.7 Å². The molecule has 0 aromatic carbocycles. The quantitative estimate of drug-likeness (QED) is 0.388. The van der Waals surface area contributed by atoms with Crippen LogP contribution in [0.25, 0.3) is 22.1 Å². The smallest absolute Gasteiger partial charge is 0.251 e. The monoisotopic (exact) mass is 535 g/mol. The third-order valence-corrected chi connectivity index (χ3v) is 8.74. The molecule has 2 saturated heterocycles. The first-order valence-corrected chi connectivity index (χ1v) is 13.0. The van der Waals surface area contributed by atoms with Crippen LogP contribution in [0.1, 0.15) is 43.4 Å². The van der Waals surface area contributed by atoms with Gasteiger partial charge in [0.15, 0.2) is 0 Å². The van der Waals surface area contributed by atoms with Crippen LogP contribution < -0.4 is 15.6 Å². The zero-order chi connectivity index (χ0) is 27.0. The van der Waals surface area contributed by atoms with Gasteiger partial charge in [-0.2, -0.15) is 0 Å². The minimum absolute atomic E-state index is 0.0384. The van der Waals surface area contributed by atoms with Gasteiger partial charge in [-0.05, 0) is 37.8 Å². The molecule has 0 unspecified atom stereocenters. The lowest BCUT2D eigenvalue weighted by Crippen LogP contribution is -2.62. The van der Waals surface area contributed by atoms with Crippen LogP contribution >= 0.6 is 0 Å². The molecule has 4 aromatic heterocycles. The lowest BCUT2D eigenvalue weighted by molar-refractivity contribution is -0.192. The van der Waals surface area contributed by atoms with E-state index in [1.807, 2.05) is 0 Å². The summed E-state index contributed by atoms with van der Waals surface area (Å²) >= 11 is 0. The van der Waals surface area contributed by atoms with E-state index in [1.165, 1.54) is 23.8 Å². The van der Waals surface area contributed by atoms with E-state index >= 15 is 4.39 Å². The number of hydrogen-bond acceptors (Lipinski definition) is 8. The van der Waals surface area contributed by atoms with Crippen molar-refractivity contribution in [2.45, 2.75) is 61.9 Å². The summed E-state index contributed by atoms with van der Waals surface area (Å²) in [5.41, 5.74) is -0.641. The maximum atomic E-state index is 15.0. The number of aromatic nitrogens is 4. The fourth-order valence-electron chi connectivity index (χ4n) is 6.64. The van der Waals surface area contributed by atoms with Gasteiger partial charge in [-0.25, -0.2) is 18.7 Å². The third-order valence-electron chi connectivity index (χ3n) is 8.74. The molecule has 9 nitrogen and oxygen atoms in total. The standard InChI is InChI=1S/C28H27F2N5O4/c1-38-22-4-2-18-20(34-22)10-16(29)21(33-18)12-32-26-6-8-27(9-7-26,39-15-26)13-28(37)14-35-23(36)5-3-19-25(35)24(28)17(30)11-31-19/h2-5,10-11,32,37H,6-9,12-15H2,1H3/t26?,27?,28-/m0/s1. The second kappa shape index (κ2) is 8.48. The zero-order valence-electron chi connectivity index (χ0n) is 21.3. The highest BCUT2D eigenvalue weighted by Crippen LogP contribution is 2.51. The van der Waals surface area contributed by atoms with Crippen LogP contribution in [-0.4, -0.2) is 49.5 Å². The highest BCUT2D eigenvalue weighted by Gasteiger charge is 2.55. The van der Waals surface area contributed by atoms with Crippen LogP contribution in [0.15, 0.2) is 41.3 Å². The number of methoxy groups -OCH3 is 1. The fourth-order valence-corrected chi connectivity index (χ4v) is 6.64. The molecule has 1 saturated carbocycles. The molecule has 39 heavy (non-hydrogen) atoms. The number of nitrogens with one attached hydrogen (secondary N) is 1. The first-order valence-electron chi connectivity index (χ1n) is 13.0. The molecule has 202 valence electrons. The van der Waals surface area contributed by atoms with Gasteiger partial charge in [-0.1, -0.05) is 0 Å². The molecular formula is C28H27F2N5O4. The van der Waals surface area contributed by atoms with Crippen molar-refractivity contribution in [1.29, 1.82) is 0 Å². The number of rotatable bonds is 6. The summed E-state index contributed by atoms with van der Waals surface area (Å²) in [5, 5.41) is 15.3. The van der Waals surface area contributed by atoms with Crippen molar-refractivity contribution >= 4 is 22.1 Å². The molecule has 2 N–H and O–H groups in total. The van der Waals surface area contributed by atoms with Gasteiger partial charge in [0.05, 0.1) is 59.8 Å². The van der Waals surface area contributed by atoms with Crippen molar-refractivity contribution in [2.24, 2.45) is 0 Å². The number of nitrogens with zero attached hydrogens (tertiary/aromatic N) is 4. The average Bonchev–Trinajstić information content (AvgIpc) is 3.25. The number of ether oxygens (including phenoxy) is 2. The number of fused-ring (bicyclic) bond motifs is 4. The van der Waals surface area contributed by atoms with Gasteiger partial charge in [-0.15, -0.1) is 0 Å². The van der Waals surface area contributed by atoms with Crippen molar-refractivity contribution in [3.05, 3.63) is 69.8 Å². The molecule has 0 radical (unpaired) electrons. The molecular weight excluding hydrogens is 508 g/mol. The summed E-state index contributed by atoms with van der Waals surface area (Å²) in [6.45, 7) is 0.563. The van der Waals surface area contributed by atoms with Crippen LogP contribution in [0.3, 0.4) is 0 Å². The fraction of sp³-hybridized carbons (Fsp3) is 0.429. The second-order valence-corrected chi connectivity index (χ2v) is 11.1. The second-order valence-electron chi connectivity index (χ2n) is 11.1. The van der Waals surface area contributed by atoms with Gasteiger partial charge in [0, 0.05) is 42.3 Å². The molecule has 0 spiro atoms. The van der Waals surface area contributed by atoms with Crippen LogP contribution in [-0.2, 0) is 23.4 Å². The molecule has 4 aromatic rings. The van der Waals surface area contributed by atoms with Gasteiger partial charge in [0.25, 0.3) is 5.56 Å². The van der Waals surface area contributed by atoms with Crippen LogP contribution in [0, 0.1) is 11.6 Å². The Morgan fingerprint density at radius 2 is 1.87 bits per heavy atom. The van der Waals surface area contributed by atoms with E-state index in [1.54, 1.807) is 18.2 Å². The van der Waals surface area contributed by atoms with Gasteiger partial charge < -0.3 is 24.5 Å². The first-order chi connectivity index (χ1) is 18.7. The van der Waals surface area contributed by atoms with Gasteiger partial charge >= 0.3 is 0 Å². The van der Waals surface area contributed by atoms with E-state index in [2.05, 4.69) is 20.3 Å². The van der Waals surface area contributed by atoms with Crippen LogP contribution in [0.5, 0.6) is 5.88 Å². The summed E-state index contributed by atoms with van der Waals surface area (Å²) in [6.07, 6.45) is 4.05. The molecule has 0 amide bonds. The number of halogens is 2. The van der Waals surface area contributed by atoms with Crippen molar-refractivity contribution in [3.63, 3.8) is 0 Å². The van der Waals surface area contributed by atoms with Crippen LogP contribution in [0.4, 0.5) is 8.78 Å². The minimum atomic E-state index is -1.58. The molecule has 1 atom stereocenters. The van der Waals surface area contributed by atoms with E-state index in [4.69, 9.17) is 9.47 Å². The molecule has 11 heteroatoms. The third kappa shape index (κ3) is 3.82. The summed E-state index contributed by atoms with van der Waals surface area (Å²) in [6, 6.07) is 7.75. The van der Waals surface area contributed by atoms with E-state index in [-0.39, 0.29) is 36.2 Å². The van der Waals surface area contributed by atoms with Crippen molar-refractivity contribution in [1.82, 2.24) is 24.8 Å². The Bertz CT molecular complexity index is 1680.